The highest BCUT2D eigenvalue weighted by Crippen LogP contribution is 2.21. The molecule has 21 heavy (non-hydrogen) atoms. The number of hydrogen-bond donors (Lipinski definition) is 2. The zero-order valence-electron chi connectivity index (χ0n) is 14.3. The van der Waals surface area contributed by atoms with Gasteiger partial charge in [-0.3, -0.25) is 0 Å². The second-order valence-corrected chi connectivity index (χ2v) is 7.66. The fourth-order valence-electron chi connectivity index (χ4n) is 3.32. The van der Waals surface area contributed by atoms with Crippen LogP contribution in [0, 0.1) is 11.8 Å². The third kappa shape index (κ3) is 4.92. The molecular formula is C17H34N2O2. The van der Waals surface area contributed by atoms with Crippen LogP contribution in [0.5, 0.6) is 0 Å². The van der Waals surface area contributed by atoms with Gasteiger partial charge in [0.2, 0.25) is 0 Å². The topological polar surface area (TPSA) is 44.7 Å². The first-order valence-electron chi connectivity index (χ1n) is 8.68. The molecule has 2 heterocycles. The van der Waals surface area contributed by atoms with Gasteiger partial charge < -0.3 is 20.1 Å². The fraction of sp³-hybridized carbons (Fsp3) is 1.00. The van der Waals surface area contributed by atoms with Gasteiger partial charge in [0.25, 0.3) is 0 Å². The molecule has 4 unspecified atom stereocenters. The predicted molar refractivity (Wildman–Crippen MR) is 86.4 cm³/mol. The summed E-state index contributed by atoms with van der Waals surface area (Å²) >= 11 is 0. The minimum Gasteiger partial charge on any atom is -0.389 e. The van der Waals surface area contributed by atoms with Crippen molar-refractivity contribution in [2.45, 2.75) is 64.7 Å². The third-order valence-corrected chi connectivity index (χ3v) is 5.44. The fourth-order valence-corrected chi connectivity index (χ4v) is 3.32. The summed E-state index contributed by atoms with van der Waals surface area (Å²) in [6.07, 6.45) is 4.08. The lowest BCUT2D eigenvalue weighted by Crippen LogP contribution is -2.53. The highest BCUT2D eigenvalue weighted by molar-refractivity contribution is 4.87. The van der Waals surface area contributed by atoms with Crippen LogP contribution >= 0.6 is 0 Å². The van der Waals surface area contributed by atoms with Crippen LogP contribution in [0.15, 0.2) is 0 Å². The van der Waals surface area contributed by atoms with Crippen molar-refractivity contribution in [1.29, 1.82) is 0 Å². The summed E-state index contributed by atoms with van der Waals surface area (Å²) in [5.74, 6) is 0.906. The Bertz CT molecular complexity index is 314. The zero-order valence-corrected chi connectivity index (χ0v) is 14.3. The van der Waals surface area contributed by atoms with E-state index in [1.165, 1.54) is 19.3 Å². The molecule has 0 aromatic heterocycles. The molecule has 2 fully saturated rings. The van der Waals surface area contributed by atoms with Crippen molar-refractivity contribution in [2.24, 2.45) is 11.8 Å². The Morgan fingerprint density at radius 2 is 2.14 bits per heavy atom. The Morgan fingerprint density at radius 3 is 2.71 bits per heavy atom. The standard InChI is InChI=1S/C17H34N2O2/c1-13(2)17(4,20)12-18-16-7-8-19(10-14(16)3)11-15-6-5-9-21-15/h13-16,18,20H,5-12H2,1-4H3. The molecule has 0 radical (unpaired) electrons. The van der Waals surface area contributed by atoms with E-state index < -0.39 is 5.60 Å². The van der Waals surface area contributed by atoms with Crippen molar-refractivity contribution in [3.8, 4) is 0 Å². The van der Waals surface area contributed by atoms with E-state index in [0.717, 1.165) is 26.2 Å². The van der Waals surface area contributed by atoms with Crippen molar-refractivity contribution >= 4 is 0 Å². The van der Waals surface area contributed by atoms with Crippen molar-refractivity contribution < 1.29 is 9.84 Å². The summed E-state index contributed by atoms with van der Waals surface area (Å²) in [6.45, 7) is 13.4. The minimum atomic E-state index is -0.617. The zero-order chi connectivity index (χ0) is 15.5. The maximum Gasteiger partial charge on any atom is 0.0766 e. The lowest BCUT2D eigenvalue weighted by atomic mass is 9.89. The van der Waals surface area contributed by atoms with Gasteiger partial charge in [-0.2, -0.15) is 0 Å². The van der Waals surface area contributed by atoms with Gasteiger partial charge in [-0.25, -0.2) is 0 Å². The van der Waals surface area contributed by atoms with Crippen LogP contribution in [0.25, 0.3) is 0 Å². The van der Waals surface area contributed by atoms with Gasteiger partial charge in [0.15, 0.2) is 0 Å². The summed E-state index contributed by atoms with van der Waals surface area (Å²) < 4.78 is 5.75. The molecule has 0 saturated carbocycles. The number of ether oxygens (including phenoxy) is 1. The second kappa shape index (κ2) is 7.40. The summed E-state index contributed by atoms with van der Waals surface area (Å²) in [4.78, 5) is 2.55. The van der Waals surface area contributed by atoms with Crippen LogP contribution in [-0.2, 0) is 4.74 Å². The monoisotopic (exact) mass is 298 g/mol. The van der Waals surface area contributed by atoms with Gasteiger partial charge in [-0.1, -0.05) is 20.8 Å². The lowest BCUT2D eigenvalue weighted by molar-refractivity contribution is 0.00456. The van der Waals surface area contributed by atoms with Crippen molar-refractivity contribution in [1.82, 2.24) is 10.2 Å². The molecular weight excluding hydrogens is 264 g/mol. The van der Waals surface area contributed by atoms with Crippen molar-refractivity contribution in [3.63, 3.8) is 0 Å². The molecule has 2 N–H and O–H groups in total. The average molecular weight is 298 g/mol. The van der Waals surface area contributed by atoms with Crippen molar-refractivity contribution in [3.05, 3.63) is 0 Å². The largest absolute Gasteiger partial charge is 0.389 e. The van der Waals surface area contributed by atoms with Crippen LogP contribution in [0.4, 0.5) is 0 Å². The molecule has 4 nitrogen and oxygen atoms in total. The van der Waals surface area contributed by atoms with E-state index in [-0.39, 0.29) is 5.92 Å². The van der Waals surface area contributed by atoms with Gasteiger partial charge in [0.05, 0.1) is 11.7 Å². The number of hydrogen-bond acceptors (Lipinski definition) is 4. The Labute approximate surface area is 130 Å². The minimum absolute atomic E-state index is 0.278. The molecule has 2 saturated heterocycles. The molecule has 4 heteroatoms. The molecule has 0 aliphatic carbocycles. The average Bonchev–Trinajstić information content (AvgIpc) is 2.90. The number of piperidine rings is 1. The summed E-state index contributed by atoms with van der Waals surface area (Å²) in [5.41, 5.74) is -0.617. The van der Waals surface area contributed by atoms with Crippen LogP contribution < -0.4 is 5.32 Å². The van der Waals surface area contributed by atoms with E-state index in [0.29, 0.717) is 24.6 Å². The highest BCUT2D eigenvalue weighted by atomic mass is 16.5. The molecule has 124 valence electrons. The SMILES string of the molecule is CC1CN(CC2CCCO2)CCC1NCC(C)(O)C(C)C. The van der Waals surface area contributed by atoms with Crippen LogP contribution in [0.2, 0.25) is 0 Å². The van der Waals surface area contributed by atoms with Gasteiger partial charge in [0.1, 0.15) is 0 Å². The Hall–Kier alpha value is -0.160. The van der Waals surface area contributed by atoms with E-state index in [1.54, 1.807) is 0 Å². The van der Waals surface area contributed by atoms with Crippen LogP contribution in [-0.4, -0.2) is 60.5 Å². The van der Waals surface area contributed by atoms with E-state index in [2.05, 4.69) is 31.0 Å². The molecule has 0 aromatic rings. The first kappa shape index (κ1) is 17.2. The lowest BCUT2D eigenvalue weighted by Gasteiger charge is -2.40. The predicted octanol–water partition coefficient (Wildman–Crippen LogP) is 1.87. The quantitative estimate of drug-likeness (QED) is 0.786. The van der Waals surface area contributed by atoms with Crippen LogP contribution in [0.1, 0.15) is 47.0 Å². The maximum atomic E-state index is 10.4. The third-order valence-electron chi connectivity index (χ3n) is 5.44. The normalized spacial score (nSPS) is 34.3. The molecule has 0 amide bonds. The summed E-state index contributed by atoms with van der Waals surface area (Å²) in [6, 6.07) is 0.524. The van der Waals surface area contributed by atoms with E-state index >= 15 is 0 Å². The smallest absolute Gasteiger partial charge is 0.0766 e. The molecule has 0 aromatic carbocycles. The Morgan fingerprint density at radius 1 is 1.38 bits per heavy atom. The Balaban J connectivity index is 1.73. The van der Waals surface area contributed by atoms with E-state index in [4.69, 9.17) is 4.74 Å². The number of likely N-dealkylation sites (tertiary alicyclic amines) is 1. The molecule has 2 aliphatic heterocycles. The first-order valence-corrected chi connectivity index (χ1v) is 8.68. The number of aliphatic hydroxyl groups is 1. The van der Waals surface area contributed by atoms with Crippen LogP contribution in [0.3, 0.4) is 0 Å². The maximum absolute atomic E-state index is 10.4. The summed E-state index contributed by atoms with van der Waals surface area (Å²) in [5, 5.41) is 14.0. The molecule has 2 aliphatic rings. The number of nitrogens with one attached hydrogen (secondary N) is 1. The second-order valence-electron chi connectivity index (χ2n) is 7.66. The number of nitrogens with zero attached hydrogens (tertiary/aromatic N) is 1. The van der Waals surface area contributed by atoms with Gasteiger partial charge in [0, 0.05) is 32.3 Å². The van der Waals surface area contributed by atoms with Crippen molar-refractivity contribution in [2.75, 3.05) is 32.8 Å². The summed E-state index contributed by atoms with van der Waals surface area (Å²) in [7, 11) is 0. The highest BCUT2D eigenvalue weighted by Gasteiger charge is 2.31. The van der Waals surface area contributed by atoms with Gasteiger partial charge in [-0.15, -0.1) is 0 Å². The molecule has 0 spiro atoms. The first-order chi connectivity index (χ1) is 9.88. The number of rotatable bonds is 6. The molecule has 4 atom stereocenters. The van der Waals surface area contributed by atoms with E-state index in [9.17, 15) is 5.11 Å². The Kier molecular flexibility index (Phi) is 6.06. The van der Waals surface area contributed by atoms with Gasteiger partial charge in [-0.05, 0) is 44.6 Å². The van der Waals surface area contributed by atoms with Gasteiger partial charge >= 0.3 is 0 Å². The molecule has 0 bridgehead atoms. The molecule has 2 rings (SSSR count). The van der Waals surface area contributed by atoms with E-state index in [1.807, 2.05) is 6.92 Å².